The zero-order valence-electron chi connectivity index (χ0n) is 12.6. The molecule has 0 bridgehead atoms. The van der Waals surface area contributed by atoms with Gasteiger partial charge >= 0.3 is 0 Å². The number of rotatable bonds is 4. The van der Waals surface area contributed by atoms with E-state index in [1.807, 2.05) is 0 Å². The first-order chi connectivity index (χ1) is 11.0. The molecule has 0 N–H and O–H groups in total. The average Bonchev–Trinajstić information content (AvgIpc) is 3.00. The van der Waals surface area contributed by atoms with Gasteiger partial charge in [-0.15, -0.1) is 0 Å². The van der Waals surface area contributed by atoms with Gasteiger partial charge in [-0.05, 0) is 43.2 Å². The van der Waals surface area contributed by atoms with Crippen molar-refractivity contribution in [1.82, 2.24) is 9.29 Å². The molecule has 1 aliphatic rings. The Morgan fingerprint density at radius 3 is 2.74 bits per heavy atom. The summed E-state index contributed by atoms with van der Waals surface area (Å²) in [5, 5.41) is 0.454. The minimum absolute atomic E-state index is 0.160. The van der Waals surface area contributed by atoms with E-state index in [1.165, 1.54) is 4.31 Å². The van der Waals surface area contributed by atoms with Crippen LogP contribution in [0, 0.1) is 6.92 Å². The lowest BCUT2D eigenvalue weighted by Crippen LogP contribution is -2.31. The molecule has 0 unspecified atom stereocenters. The van der Waals surface area contributed by atoms with Gasteiger partial charge in [0.1, 0.15) is 11.9 Å². The Kier molecular flexibility index (Phi) is 4.57. The molecule has 1 aromatic carbocycles. The normalized spacial score (nSPS) is 19.0. The molecule has 5 nitrogen and oxygen atoms in total. The third kappa shape index (κ3) is 3.34. The van der Waals surface area contributed by atoms with Crippen molar-refractivity contribution in [1.29, 1.82) is 0 Å². The summed E-state index contributed by atoms with van der Waals surface area (Å²) in [5.41, 5.74) is 0.577. The van der Waals surface area contributed by atoms with E-state index in [9.17, 15) is 8.42 Å². The molecule has 7 heteroatoms. The molecule has 2 aromatic rings. The van der Waals surface area contributed by atoms with Crippen LogP contribution in [0.5, 0.6) is 5.75 Å². The molecule has 2 heterocycles. The fourth-order valence-corrected chi connectivity index (χ4v) is 4.59. The molecule has 0 radical (unpaired) electrons. The fourth-order valence-electron chi connectivity index (χ4n) is 2.63. The van der Waals surface area contributed by atoms with Crippen molar-refractivity contribution in [3.8, 4) is 5.75 Å². The van der Waals surface area contributed by atoms with Gasteiger partial charge in [0.25, 0.3) is 0 Å². The van der Waals surface area contributed by atoms with Crippen LogP contribution in [0.4, 0.5) is 0 Å². The first-order valence-electron chi connectivity index (χ1n) is 7.30. The monoisotopic (exact) mass is 352 g/mol. The molecular weight excluding hydrogens is 336 g/mol. The van der Waals surface area contributed by atoms with E-state index in [0.717, 1.165) is 0 Å². The maximum Gasteiger partial charge on any atom is 0.243 e. The van der Waals surface area contributed by atoms with Crippen molar-refractivity contribution >= 4 is 21.6 Å². The first kappa shape index (κ1) is 16.2. The summed E-state index contributed by atoms with van der Waals surface area (Å²) in [5.74, 6) is 0.697. The lowest BCUT2D eigenvalue weighted by atomic mass is 10.2. The first-order valence-corrected chi connectivity index (χ1v) is 9.12. The zero-order valence-corrected chi connectivity index (χ0v) is 14.2. The molecule has 0 amide bonds. The highest BCUT2D eigenvalue weighted by molar-refractivity contribution is 7.89. The Bertz CT molecular complexity index is 796. The van der Waals surface area contributed by atoms with Gasteiger partial charge in [0, 0.05) is 24.0 Å². The minimum atomic E-state index is -3.56. The van der Waals surface area contributed by atoms with Crippen LogP contribution in [0.25, 0.3) is 0 Å². The number of ether oxygens (including phenoxy) is 1. The number of pyridine rings is 1. The molecule has 122 valence electrons. The molecular formula is C16H17ClN2O3S. The largest absolute Gasteiger partial charge is 0.489 e. The molecule has 1 aliphatic heterocycles. The second kappa shape index (κ2) is 6.47. The molecule has 1 atom stereocenters. The molecule has 0 aliphatic carbocycles. The van der Waals surface area contributed by atoms with Crippen molar-refractivity contribution in [2.75, 3.05) is 13.1 Å². The molecule has 3 rings (SSSR count). The van der Waals surface area contributed by atoms with E-state index in [0.29, 0.717) is 35.8 Å². The Balaban J connectivity index is 1.76. The molecule has 1 aromatic heterocycles. The third-order valence-electron chi connectivity index (χ3n) is 3.90. The topological polar surface area (TPSA) is 59.5 Å². The van der Waals surface area contributed by atoms with E-state index >= 15 is 0 Å². The van der Waals surface area contributed by atoms with Gasteiger partial charge < -0.3 is 4.74 Å². The highest BCUT2D eigenvalue weighted by Gasteiger charge is 2.34. The van der Waals surface area contributed by atoms with Gasteiger partial charge in [-0.1, -0.05) is 17.7 Å². The van der Waals surface area contributed by atoms with E-state index < -0.39 is 10.0 Å². The van der Waals surface area contributed by atoms with Crippen molar-refractivity contribution < 1.29 is 13.2 Å². The van der Waals surface area contributed by atoms with Gasteiger partial charge in [0.05, 0.1) is 11.4 Å². The lowest BCUT2D eigenvalue weighted by Gasteiger charge is -2.18. The summed E-state index contributed by atoms with van der Waals surface area (Å²) >= 11 is 6.05. The van der Waals surface area contributed by atoms with Crippen LogP contribution in [0.1, 0.15) is 12.0 Å². The standard InChI is InChI=1S/C16H17ClN2O3S/c1-12-15(17)3-2-4-16(12)23(20,21)19-10-7-14(11-19)22-13-5-8-18-9-6-13/h2-6,8-9,14H,7,10-11H2,1H3/t14-/m0/s1. The Morgan fingerprint density at radius 2 is 2.00 bits per heavy atom. The highest BCUT2D eigenvalue weighted by atomic mass is 35.5. The maximum absolute atomic E-state index is 12.8. The van der Waals surface area contributed by atoms with Crippen LogP contribution < -0.4 is 4.74 Å². The molecule has 1 saturated heterocycles. The third-order valence-corrected chi connectivity index (χ3v) is 6.32. The quantitative estimate of drug-likeness (QED) is 0.849. The summed E-state index contributed by atoms with van der Waals surface area (Å²) in [6.45, 7) is 2.48. The predicted molar refractivity (Wildman–Crippen MR) is 88.2 cm³/mol. The fraction of sp³-hybridized carbons (Fsp3) is 0.312. The number of hydrogen-bond acceptors (Lipinski definition) is 4. The van der Waals surface area contributed by atoms with Gasteiger partial charge in [-0.3, -0.25) is 4.98 Å². The van der Waals surface area contributed by atoms with Gasteiger partial charge in [-0.2, -0.15) is 4.31 Å². The van der Waals surface area contributed by atoms with E-state index in [1.54, 1.807) is 49.6 Å². The van der Waals surface area contributed by atoms with Crippen molar-refractivity contribution in [3.63, 3.8) is 0 Å². The summed E-state index contributed by atoms with van der Waals surface area (Å²) in [6, 6.07) is 8.46. The Hall–Kier alpha value is -1.63. The number of nitrogens with zero attached hydrogens (tertiary/aromatic N) is 2. The van der Waals surface area contributed by atoms with Gasteiger partial charge in [0.2, 0.25) is 10.0 Å². The van der Waals surface area contributed by atoms with Crippen molar-refractivity contribution in [2.45, 2.75) is 24.3 Å². The number of sulfonamides is 1. The van der Waals surface area contributed by atoms with E-state index in [-0.39, 0.29) is 11.0 Å². The van der Waals surface area contributed by atoms with Crippen LogP contribution in [0.2, 0.25) is 5.02 Å². The second-order valence-electron chi connectivity index (χ2n) is 5.44. The minimum Gasteiger partial charge on any atom is -0.489 e. The number of benzene rings is 1. The Labute approximate surface area is 140 Å². The zero-order chi connectivity index (χ0) is 16.4. The lowest BCUT2D eigenvalue weighted by molar-refractivity contribution is 0.215. The number of halogens is 1. The van der Waals surface area contributed by atoms with Crippen molar-refractivity contribution in [2.24, 2.45) is 0 Å². The maximum atomic E-state index is 12.8. The van der Waals surface area contributed by atoms with Crippen LogP contribution in [-0.2, 0) is 10.0 Å². The van der Waals surface area contributed by atoms with Crippen LogP contribution >= 0.6 is 11.6 Å². The summed E-state index contributed by atoms with van der Waals surface area (Å²) in [4.78, 5) is 4.19. The highest BCUT2D eigenvalue weighted by Crippen LogP contribution is 2.28. The predicted octanol–water partition coefficient (Wildman–Crippen LogP) is 2.89. The van der Waals surface area contributed by atoms with Crippen molar-refractivity contribution in [3.05, 3.63) is 53.3 Å². The van der Waals surface area contributed by atoms with Crippen LogP contribution in [0.15, 0.2) is 47.6 Å². The smallest absolute Gasteiger partial charge is 0.243 e. The molecule has 1 fully saturated rings. The van der Waals surface area contributed by atoms with Crippen LogP contribution in [0.3, 0.4) is 0 Å². The summed E-state index contributed by atoms with van der Waals surface area (Å²) < 4.78 is 32.9. The van der Waals surface area contributed by atoms with E-state index in [4.69, 9.17) is 16.3 Å². The second-order valence-corrected chi connectivity index (χ2v) is 7.75. The summed E-state index contributed by atoms with van der Waals surface area (Å²) in [6.07, 6.45) is 3.79. The molecule has 23 heavy (non-hydrogen) atoms. The van der Waals surface area contributed by atoms with Gasteiger partial charge in [0.15, 0.2) is 0 Å². The summed E-state index contributed by atoms with van der Waals surface area (Å²) in [7, 11) is -3.56. The average molecular weight is 353 g/mol. The number of hydrogen-bond donors (Lipinski definition) is 0. The van der Waals surface area contributed by atoms with Gasteiger partial charge in [-0.25, -0.2) is 8.42 Å². The van der Waals surface area contributed by atoms with Crippen LogP contribution in [-0.4, -0.2) is 36.9 Å². The van der Waals surface area contributed by atoms with E-state index in [2.05, 4.69) is 4.98 Å². The number of aromatic nitrogens is 1. The molecule has 0 saturated carbocycles. The SMILES string of the molecule is Cc1c(Cl)cccc1S(=O)(=O)N1CC[C@H](Oc2ccncc2)C1. The molecule has 0 spiro atoms. The Morgan fingerprint density at radius 1 is 1.26 bits per heavy atom.